The molecule has 20 heavy (non-hydrogen) atoms. The molecule has 3 rings (SSSR count). The van der Waals surface area contributed by atoms with Crippen LogP contribution in [0.15, 0.2) is 60.7 Å². The van der Waals surface area contributed by atoms with Crippen molar-refractivity contribution < 1.29 is 0 Å². The average Bonchev–Trinajstić information content (AvgIpc) is 2.49. The van der Waals surface area contributed by atoms with E-state index in [1.807, 2.05) is 12.1 Å². The van der Waals surface area contributed by atoms with E-state index in [2.05, 4.69) is 72.2 Å². The van der Waals surface area contributed by atoms with Crippen LogP contribution in [0.3, 0.4) is 0 Å². The van der Waals surface area contributed by atoms with E-state index in [9.17, 15) is 0 Å². The van der Waals surface area contributed by atoms with Gasteiger partial charge in [-0.05, 0) is 11.1 Å². The maximum Gasteiger partial charge on any atom is 0.0630 e. The van der Waals surface area contributed by atoms with Crippen LogP contribution in [0.4, 0.5) is 0 Å². The number of hydrogen-bond acceptors (Lipinski definition) is 0. The lowest BCUT2D eigenvalue weighted by Crippen LogP contribution is -2.09. The maximum atomic E-state index is 3.43. The molecule has 0 saturated carbocycles. The van der Waals surface area contributed by atoms with Crippen molar-refractivity contribution in [1.82, 2.24) is 0 Å². The highest BCUT2D eigenvalue weighted by Crippen LogP contribution is 2.32. The molecular formula is C20H16. The summed E-state index contributed by atoms with van der Waals surface area (Å²) in [6.45, 7) is 0. The largest absolute Gasteiger partial charge is 0.102 e. The molecule has 0 bridgehead atoms. The Morgan fingerprint density at radius 3 is 1.40 bits per heavy atom. The van der Waals surface area contributed by atoms with E-state index in [4.69, 9.17) is 0 Å². The highest BCUT2D eigenvalue weighted by molar-refractivity contribution is 5.41. The van der Waals surface area contributed by atoms with E-state index in [0.29, 0.717) is 0 Å². The quantitative estimate of drug-likeness (QED) is 0.701. The molecule has 2 aromatic carbocycles. The standard InChI is InChI=1S/C20H16/c1-2-10-16-20(18-13-7-4-8-14-18)19(15-9-1)17-11-5-3-6-12-17/h3-8,11-14,19-20H,1-2H2. The molecular weight excluding hydrogens is 240 g/mol. The SMILES string of the molecule is C1#CC(c2ccccc2)C(c2ccccc2)C#CCC1. The summed E-state index contributed by atoms with van der Waals surface area (Å²) in [5, 5.41) is 0. The third-order valence-corrected chi connectivity index (χ3v) is 3.54. The van der Waals surface area contributed by atoms with Gasteiger partial charge in [0.2, 0.25) is 0 Å². The van der Waals surface area contributed by atoms with Crippen molar-refractivity contribution in [3.63, 3.8) is 0 Å². The minimum absolute atomic E-state index is 0.159. The van der Waals surface area contributed by atoms with Crippen molar-refractivity contribution in [2.24, 2.45) is 0 Å². The van der Waals surface area contributed by atoms with E-state index >= 15 is 0 Å². The molecule has 0 amide bonds. The molecule has 0 nitrogen and oxygen atoms in total. The third kappa shape index (κ3) is 2.76. The van der Waals surface area contributed by atoms with Crippen molar-refractivity contribution in [1.29, 1.82) is 0 Å². The monoisotopic (exact) mass is 256 g/mol. The summed E-state index contributed by atoms with van der Waals surface area (Å²) in [6.07, 6.45) is 1.75. The van der Waals surface area contributed by atoms with Crippen molar-refractivity contribution in [3.8, 4) is 23.7 Å². The predicted octanol–water partition coefficient (Wildman–Crippen LogP) is 4.35. The molecule has 0 N–H and O–H groups in total. The Morgan fingerprint density at radius 1 is 0.600 bits per heavy atom. The van der Waals surface area contributed by atoms with Gasteiger partial charge in [-0.15, -0.1) is 11.8 Å². The molecule has 0 fully saturated rings. The van der Waals surface area contributed by atoms with Gasteiger partial charge in [0.15, 0.2) is 0 Å². The molecule has 1 aliphatic carbocycles. The summed E-state index contributed by atoms with van der Waals surface area (Å²) >= 11 is 0. The smallest absolute Gasteiger partial charge is 0.0630 e. The fraction of sp³-hybridized carbons (Fsp3) is 0.200. The first kappa shape index (κ1) is 12.6. The Morgan fingerprint density at radius 2 is 1.00 bits per heavy atom. The first-order chi connectivity index (χ1) is 9.95. The van der Waals surface area contributed by atoms with Crippen LogP contribution in [0.5, 0.6) is 0 Å². The number of rotatable bonds is 2. The van der Waals surface area contributed by atoms with Gasteiger partial charge in [0.25, 0.3) is 0 Å². The fourth-order valence-electron chi connectivity index (χ4n) is 2.53. The van der Waals surface area contributed by atoms with Gasteiger partial charge in [-0.2, -0.15) is 0 Å². The average molecular weight is 256 g/mol. The van der Waals surface area contributed by atoms with Crippen LogP contribution < -0.4 is 0 Å². The first-order valence-corrected chi connectivity index (χ1v) is 7.02. The van der Waals surface area contributed by atoms with Crippen LogP contribution in [0.2, 0.25) is 0 Å². The van der Waals surface area contributed by atoms with Gasteiger partial charge in [0.05, 0.1) is 11.8 Å². The molecule has 0 saturated heterocycles. The summed E-state index contributed by atoms with van der Waals surface area (Å²) in [5.74, 6) is 13.8. The highest BCUT2D eigenvalue weighted by atomic mass is 14.2. The molecule has 2 unspecified atom stereocenters. The Hall–Kier alpha value is -2.44. The number of hydrogen-bond donors (Lipinski definition) is 0. The molecule has 96 valence electrons. The van der Waals surface area contributed by atoms with Crippen LogP contribution in [0.1, 0.15) is 35.8 Å². The summed E-state index contributed by atoms with van der Waals surface area (Å²) in [5.41, 5.74) is 2.51. The lowest BCUT2D eigenvalue weighted by Gasteiger charge is -2.20. The minimum atomic E-state index is 0.159. The van der Waals surface area contributed by atoms with Gasteiger partial charge in [0, 0.05) is 12.8 Å². The summed E-state index contributed by atoms with van der Waals surface area (Å²) in [7, 11) is 0. The fourth-order valence-corrected chi connectivity index (χ4v) is 2.53. The van der Waals surface area contributed by atoms with Crippen molar-refractivity contribution in [2.75, 3.05) is 0 Å². The Bertz CT molecular complexity index is 611. The zero-order chi connectivity index (χ0) is 13.6. The van der Waals surface area contributed by atoms with Crippen molar-refractivity contribution in [2.45, 2.75) is 24.7 Å². The van der Waals surface area contributed by atoms with Crippen LogP contribution in [0, 0.1) is 23.7 Å². The molecule has 0 aliphatic heterocycles. The van der Waals surface area contributed by atoms with Crippen LogP contribution in [0.25, 0.3) is 0 Å². The van der Waals surface area contributed by atoms with Gasteiger partial charge < -0.3 is 0 Å². The molecule has 2 aromatic rings. The first-order valence-electron chi connectivity index (χ1n) is 7.02. The molecule has 1 aliphatic rings. The van der Waals surface area contributed by atoms with E-state index in [0.717, 1.165) is 12.8 Å². The van der Waals surface area contributed by atoms with E-state index < -0.39 is 0 Å². The van der Waals surface area contributed by atoms with Crippen molar-refractivity contribution in [3.05, 3.63) is 71.8 Å². The summed E-state index contributed by atoms with van der Waals surface area (Å²) < 4.78 is 0. The maximum absolute atomic E-state index is 3.43. The highest BCUT2D eigenvalue weighted by Gasteiger charge is 2.21. The molecule has 0 aromatic heterocycles. The Balaban J connectivity index is 2.05. The summed E-state index contributed by atoms with van der Waals surface area (Å²) in [4.78, 5) is 0. The molecule has 2 atom stereocenters. The Kier molecular flexibility index (Phi) is 3.86. The molecule has 0 heteroatoms. The third-order valence-electron chi connectivity index (χ3n) is 3.54. The molecule has 0 heterocycles. The lowest BCUT2D eigenvalue weighted by molar-refractivity contribution is 0.775. The lowest BCUT2D eigenvalue weighted by atomic mass is 9.81. The topological polar surface area (TPSA) is 0 Å². The van der Waals surface area contributed by atoms with Crippen LogP contribution in [-0.2, 0) is 0 Å². The van der Waals surface area contributed by atoms with Gasteiger partial charge in [-0.3, -0.25) is 0 Å². The van der Waals surface area contributed by atoms with E-state index in [-0.39, 0.29) is 11.8 Å². The van der Waals surface area contributed by atoms with Gasteiger partial charge >= 0.3 is 0 Å². The second-order valence-corrected chi connectivity index (χ2v) is 4.92. The zero-order valence-electron chi connectivity index (χ0n) is 11.3. The van der Waals surface area contributed by atoms with Gasteiger partial charge in [-0.25, -0.2) is 0 Å². The van der Waals surface area contributed by atoms with Crippen LogP contribution >= 0.6 is 0 Å². The van der Waals surface area contributed by atoms with Crippen LogP contribution in [-0.4, -0.2) is 0 Å². The zero-order valence-corrected chi connectivity index (χ0v) is 11.3. The normalized spacial score (nSPS) is 20.6. The second-order valence-electron chi connectivity index (χ2n) is 4.92. The minimum Gasteiger partial charge on any atom is -0.102 e. The van der Waals surface area contributed by atoms with Crippen molar-refractivity contribution >= 4 is 0 Å². The van der Waals surface area contributed by atoms with E-state index in [1.165, 1.54) is 11.1 Å². The van der Waals surface area contributed by atoms with Gasteiger partial charge in [-0.1, -0.05) is 72.5 Å². The van der Waals surface area contributed by atoms with E-state index in [1.54, 1.807) is 0 Å². The second kappa shape index (κ2) is 6.14. The predicted molar refractivity (Wildman–Crippen MR) is 83.2 cm³/mol. The summed E-state index contributed by atoms with van der Waals surface area (Å²) in [6, 6.07) is 21.0. The molecule has 0 radical (unpaired) electrons. The molecule has 0 spiro atoms. The Labute approximate surface area is 120 Å². The van der Waals surface area contributed by atoms with Gasteiger partial charge in [0.1, 0.15) is 0 Å². The number of benzene rings is 2.